The molecule has 2 rings (SSSR count). The van der Waals surface area contributed by atoms with Crippen LogP contribution in [0.15, 0.2) is 42.5 Å². The fourth-order valence-electron chi connectivity index (χ4n) is 1.76. The van der Waals surface area contributed by atoms with E-state index >= 15 is 0 Å². The summed E-state index contributed by atoms with van der Waals surface area (Å²) in [5.41, 5.74) is 1.60. The zero-order valence-corrected chi connectivity index (χ0v) is 13.3. The standard InChI is InChI=1S/C16H15Cl2NO2/c1-19(2)16(20)12-5-3-11(4-6-12)10-21-15-8-7-13(17)9-14(15)18/h3-9H,10H2,1-2H3. The highest BCUT2D eigenvalue weighted by atomic mass is 35.5. The van der Waals surface area contributed by atoms with E-state index in [-0.39, 0.29) is 5.91 Å². The minimum atomic E-state index is -0.0248. The van der Waals surface area contributed by atoms with Crippen LogP contribution in [0.2, 0.25) is 10.0 Å². The van der Waals surface area contributed by atoms with Crippen molar-refractivity contribution < 1.29 is 9.53 Å². The topological polar surface area (TPSA) is 29.5 Å². The third-order valence-corrected chi connectivity index (χ3v) is 3.43. The van der Waals surface area contributed by atoms with E-state index in [0.29, 0.717) is 28.0 Å². The van der Waals surface area contributed by atoms with Gasteiger partial charge in [-0.3, -0.25) is 4.79 Å². The predicted octanol–water partition coefficient (Wildman–Crippen LogP) is 4.27. The average molecular weight is 324 g/mol. The molecule has 1 amide bonds. The molecule has 0 aliphatic carbocycles. The number of carbonyl (C=O) groups is 1. The van der Waals surface area contributed by atoms with E-state index in [4.69, 9.17) is 27.9 Å². The lowest BCUT2D eigenvalue weighted by Crippen LogP contribution is -2.21. The zero-order chi connectivity index (χ0) is 15.4. The predicted molar refractivity (Wildman–Crippen MR) is 85.3 cm³/mol. The van der Waals surface area contributed by atoms with Crippen LogP contribution in [0.25, 0.3) is 0 Å². The minimum Gasteiger partial charge on any atom is -0.487 e. The van der Waals surface area contributed by atoms with Crippen molar-refractivity contribution in [3.63, 3.8) is 0 Å². The molecule has 0 bridgehead atoms. The monoisotopic (exact) mass is 323 g/mol. The quantitative estimate of drug-likeness (QED) is 0.840. The number of benzene rings is 2. The van der Waals surface area contributed by atoms with Crippen molar-refractivity contribution in [3.8, 4) is 5.75 Å². The molecule has 0 fully saturated rings. The number of carbonyl (C=O) groups excluding carboxylic acids is 1. The van der Waals surface area contributed by atoms with Crippen molar-refractivity contribution >= 4 is 29.1 Å². The molecule has 0 aliphatic heterocycles. The maximum Gasteiger partial charge on any atom is 0.253 e. The Labute approximate surface area is 134 Å². The molecule has 0 heterocycles. The van der Waals surface area contributed by atoms with Crippen LogP contribution in [0.4, 0.5) is 0 Å². The molecule has 21 heavy (non-hydrogen) atoms. The van der Waals surface area contributed by atoms with Gasteiger partial charge in [0.1, 0.15) is 12.4 Å². The first-order chi connectivity index (χ1) is 9.97. The number of rotatable bonds is 4. The van der Waals surface area contributed by atoms with Gasteiger partial charge in [-0.05, 0) is 35.9 Å². The molecule has 0 saturated carbocycles. The molecule has 0 radical (unpaired) electrons. The lowest BCUT2D eigenvalue weighted by Gasteiger charge is -2.11. The van der Waals surface area contributed by atoms with E-state index in [9.17, 15) is 4.79 Å². The summed E-state index contributed by atoms with van der Waals surface area (Å²) in [6.07, 6.45) is 0. The highest BCUT2D eigenvalue weighted by Crippen LogP contribution is 2.28. The van der Waals surface area contributed by atoms with Crippen LogP contribution in [0, 0.1) is 0 Å². The fraction of sp³-hybridized carbons (Fsp3) is 0.188. The molecule has 0 unspecified atom stereocenters. The Kier molecular flexibility index (Phi) is 5.10. The van der Waals surface area contributed by atoms with Crippen molar-refractivity contribution in [2.45, 2.75) is 6.61 Å². The zero-order valence-electron chi connectivity index (χ0n) is 11.8. The Morgan fingerprint density at radius 2 is 1.76 bits per heavy atom. The van der Waals surface area contributed by atoms with Gasteiger partial charge in [-0.1, -0.05) is 35.3 Å². The molecule has 0 saturated heterocycles. The Bertz CT molecular complexity index is 639. The normalized spacial score (nSPS) is 10.3. The number of hydrogen-bond donors (Lipinski definition) is 0. The average Bonchev–Trinajstić information content (AvgIpc) is 2.46. The van der Waals surface area contributed by atoms with Crippen LogP contribution >= 0.6 is 23.2 Å². The summed E-state index contributed by atoms with van der Waals surface area (Å²) in [6, 6.07) is 12.4. The maximum atomic E-state index is 11.8. The van der Waals surface area contributed by atoms with Gasteiger partial charge in [0.05, 0.1) is 5.02 Å². The second-order valence-electron chi connectivity index (χ2n) is 4.76. The van der Waals surface area contributed by atoms with Crippen LogP contribution in [0.5, 0.6) is 5.75 Å². The van der Waals surface area contributed by atoms with Crippen molar-refractivity contribution in [1.29, 1.82) is 0 Å². The smallest absolute Gasteiger partial charge is 0.253 e. The molecule has 0 N–H and O–H groups in total. The van der Waals surface area contributed by atoms with Crippen LogP contribution in [0.1, 0.15) is 15.9 Å². The molecule has 110 valence electrons. The molecule has 0 aromatic heterocycles. The van der Waals surface area contributed by atoms with Crippen molar-refractivity contribution in [1.82, 2.24) is 4.90 Å². The molecule has 2 aromatic carbocycles. The highest BCUT2D eigenvalue weighted by molar-refractivity contribution is 6.35. The number of hydrogen-bond acceptors (Lipinski definition) is 2. The maximum absolute atomic E-state index is 11.8. The summed E-state index contributed by atoms with van der Waals surface area (Å²) in [7, 11) is 3.45. The summed E-state index contributed by atoms with van der Waals surface area (Å²) in [4.78, 5) is 13.3. The summed E-state index contributed by atoms with van der Waals surface area (Å²) < 4.78 is 5.64. The van der Waals surface area contributed by atoms with E-state index in [1.54, 1.807) is 49.3 Å². The van der Waals surface area contributed by atoms with Gasteiger partial charge in [0, 0.05) is 24.7 Å². The first kappa shape index (κ1) is 15.7. The largest absolute Gasteiger partial charge is 0.487 e. The van der Waals surface area contributed by atoms with E-state index in [0.717, 1.165) is 5.56 Å². The van der Waals surface area contributed by atoms with Crippen LogP contribution < -0.4 is 4.74 Å². The SMILES string of the molecule is CN(C)C(=O)c1ccc(COc2ccc(Cl)cc2Cl)cc1. The van der Waals surface area contributed by atoms with Gasteiger partial charge in [0.25, 0.3) is 5.91 Å². The second kappa shape index (κ2) is 6.83. The summed E-state index contributed by atoms with van der Waals surface area (Å²) >= 11 is 11.9. The molecule has 2 aromatic rings. The number of amides is 1. The third-order valence-electron chi connectivity index (χ3n) is 2.90. The second-order valence-corrected chi connectivity index (χ2v) is 5.60. The molecule has 0 atom stereocenters. The number of nitrogens with zero attached hydrogens (tertiary/aromatic N) is 1. The lowest BCUT2D eigenvalue weighted by molar-refractivity contribution is 0.0827. The van der Waals surface area contributed by atoms with E-state index in [1.807, 2.05) is 12.1 Å². The third kappa shape index (κ3) is 4.13. The van der Waals surface area contributed by atoms with E-state index in [1.165, 1.54) is 0 Å². The summed E-state index contributed by atoms with van der Waals surface area (Å²) in [5, 5.41) is 1.04. The van der Waals surface area contributed by atoms with Gasteiger partial charge in [0.2, 0.25) is 0 Å². The van der Waals surface area contributed by atoms with Gasteiger partial charge in [0.15, 0.2) is 0 Å². The molecular weight excluding hydrogens is 309 g/mol. The lowest BCUT2D eigenvalue weighted by atomic mass is 10.1. The molecule has 5 heteroatoms. The van der Waals surface area contributed by atoms with Crippen LogP contribution in [0.3, 0.4) is 0 Å². The van der Waals surface area contributed by atoms with Crippen LogP contribution in [-0.4, -0.2) is 24.9 Å². The van der Waals surface area contributed by atoms with Gasteiger partial charge in [-0.15, -0.1) is 0 Å². The number of ether oxygens (including phenoxy) is 1. The van der Waals surface area contributed by atoms with Crippen molar-refractivity contribution in [2.24, 2.45) is 0 Å². The van der Waals surface area contributed by atoms with Gasteiger partial charge in [-0.2, -0.15) is 0 Å². The molecule has 3 nitrogen and oxygen atoms in total. The first-order valence-corrected chi connectivity index (χ1v) is 7.11. The van der Waals surface area contributed by atoms with Crippen molar-refractivity contribution in [3.05, 3.63) is 63.6 Å². The van der Waals surface area contributed by atoms with Crippen molar-refractivity contribution in [2.75, 3.05) is 14.1 Å². The van der Waals surface area contributed by atoms with Crippen LogP contribution in [-0.2, 0) is 6.61 Å². The Morgan fingerprint density at radius 3 is 2.33 bits per heavy atom. The Morgan fingerprint density at radius 1 is 1.10 bits per heavy atom. The number of halogens is 2. The minimum absolute atomic E-state index is 0.0248. The molecule has 0 spiro atoms. The Hall–Kier alpha value is -1.71. The van der Waals surface area contributed by atoms with Gasteiger partial charge < -0.3 is 9.64 Å². The highest BCUT2D eigenvalue weighted by Gasteiger charge is 2.08. The van der Waals surface area contributed by atoms with E-state index in [2.05, 4.69) is 0 Å². The Balaban J connectivity index is 2.02. The van der Waals surface area contributed by atoms with Gasteiger partial charge >= 0.3 is 0 Å². The fourth-order valence-corrected chi connectivity index (χ4v) is 2.22. The van der Waals surface area contributed by atoms with E-state index < -0.39 is 0 Å². The first-order valence-electron chi connectivity index (χ1n) is 6.36. The van der Waals surface area contributed by atoms with Gasteiger partial charge in [-0.25, -0.2) is 0 Å². The summed E-state index contributed by atoms with van der Waals surface area (Å²) in [6.45, 7) is 0.373. The summed E-state index contributed by atoms with van der Waals surface area (Å²) in [5.74, 6) is 0.553. The molecule has 0 aliphatic rings. The molecular formula is C16H15Cl2NO2.